The normalized spacial score (nSPS) is 11.4. The molecule has 34 heavy (non-hydrogen) atoms. The monoisotopic (exact) mass is 485 g/mol. The largest absolute Gasteiger partial charge is 0.488 e. The molecule has 0 spiro atoms. The van der Waals surface area contributed by atoms with Crippen LogP contribution in [0, 0.1) is 13.8 Å². The molecule has 0 fully saturated rings. The zero-order valence-corrected chi connectivity index (χ0v) is 19.4. The van der Waals surface area contributed by atoms with E-state index in [1.165, 1.54) is 12.1 Å². The van der Waals surface area contributed by atoms with E-state index in [9.17, 15) is 13.2 Å². The number of nitrogens with zero attached hydrogens (tertiary/aromatic N) is 1. The van der Waals surface area contributed by atoms with Crippen molar-refractivity contribution >= 4 is 22.9 Å². The van der Waals surface area contributed by atoms with E-state index in [1.54, 1.807) is 13.0 Å². The van der Waals surface area contributed by atoms with Crippen molar-refractivity contribution in [2.45, 2.75) is 32.6 Å². The van der Waals surface area contributed by atoms with Crippen LogP contribution in [0.2, 0.25) is 0 Å². The lowest BCUT2D eigenvalue weighted by Gasteiger charge is -2.16. The summed E-state index contributed by atoms with van der Waals surface area (Å²) in [5.74, 6) is 1.18. The minimum absolute atomic E-state index is 0.0624. The molecule has 0 aliphatic carbocycles. The quantitative estimate of drug-likeness (QED) is 0.241. The number of aryl methyl sites for hydroxylation is 1. The van der Waals surface area contributed by atoms with Crippen molar-refractivity contribution in [2.75, 3.05) is 0 Å². The number of para-hydroxylation sites is 1. The molecule has 0 aliphatic rings. The van der Waals surface area contributed by atoms with E-state index >= 15 is 0 Å². The SMILES string of the molecule is Cc1cc(OCc2nc3ccccc3c(OCc3ccccc3)c2C)cc(OSC(F)(F)F)c1. The fraction of sp³-hybridized carbons (Fsp3) is 0.192. The van der Waals surface area contributed by atoms with E-state index in [0.29, 0.717) is 23.6 Å². The second-order valence-corrected chi connectivity index (χ2v) is 8.48. The Balaban J connectivity index is 1.56. The fourth-order valence-electron chi connectivity index (χ4n) is 3.47. The second-order valence-electron chi connectivity index (χ2n) is 7.69. The van der Waals surface area contributed by atoms with Crippen LogP contribution in [0.15, 0.2) is 72.8 Å². The lowest BCUT2D eigenvalue weighted by atomic mass is 10.1. The van der Waals surface area contributed by atoms with Crippen molar-refractivity contribution in [3.8, 4) is 17.2 Å². The van der Waals surface area contributed by atoms with Crippen LogP contribution >= 0.6 is 12.0 Å². The van der Waals surface area contributed by atoms with Gasteiger partial charge in [-0.25, -0.2) is 4.98 Å². The van der Waals surface area contributed by atoms with Crippen molar-refractivity contribution in [3.05, 3.63) is 95.2 Å². The topological polar surface area (TPSA) is 40.6 Å². The Morgan fingerprint density at radius 3 is 2.29 bits per heavy atom. The average Bonchev–Trinajstić information content (AvgIpc) is 2.81. The Labute approximate surface area is 199 Å². The third-order valence-electron chi connectivity index (χ3n) is 5.04. The molecule has 0 saturated carbocycles. The number of fused-ring (bicyclic) bond motifs is 1. The minimum atomic E-state index is -4.49. The lowest BCUT2D eigenvalue weighted by molar-refractivity contribution is -0.0369. The molecule has 0 saturated heterocycles. The van der Waals surface area contributed by atoms with Gasteiger partial charge in [0.2, 0.25) is 0 Å². The van der Waals surface area contributed by atoms with Crippen molar-refractivity contribution < 1.29 is 26.8 Å². The van der Waals surface area contributed by atoms with E-state index in [2.05, 4.69) is 0 Å². The average molecular weight is 486 g/mol. The number of aromatic nitrogens is 1. The first-order valence-corrected chi connectivity index (χ1v) is 11.2. The zero-order valence-electron chi connectivity index (χ0n) is 18.6. The molecular weight excluding hydrogens is 463 g/mol. The standard InChI is InChI=1S/C26H22F3NO3S/c1-17-12-20(14-21(13-17)33-34-26(27,28)29)31-16-24-18(2)25(22-10-6-7-11-23(22)30-24)32-15-19-8-4-3-5-9-19/h3-14H,15-16H2,1-2H3. The van der Waals surface area contributed by atoms with Gasteiger partial charge in [0.05, 0.1) is 11.2 Å². The molecule has 1 aromatic heterocycles. The molecule has 8 heteroatoms. The summed E-state index contributed by atoms with van der Waals surface area (Å²) in [6, 6.07) is 22.2. The van der Waals surface area contributed by atoms with Gasteiger partial charge in [0.25, 0.3) is 0 Å². The molecule has 0 aliphatic heterocycles. The summed E-state index contributed by atoms with van der Waals surface area (Å²) in [5, 5.41) is 0.898. The third kappa shape index (κ3) is 6.14. The van der Waals surface area contributed by atoms with Gasteiger partial charge in [-0.1, -0.05) is 42.5 Å². The summed E-state index contributed by atoms with van der Waals surface area (Å²) in [6.45, 7) is 4.20. The van der Waals surface area contributed by atoms with Crippen molar-refractivity contribution in [3.63, 3.8) is 0 Å². The number of rotatable bonds is 8. The van der Waals surface area contributed by atoms with Crippen molar-refractivity contribution in [1.82, 2.24) is 4.98 Å². The maximum Gasteiger partial charge on any atom is 0.479 e. The van der Waals surface area contributed by atoms with Crippen LogP contribution in [0.1, 0.15) is 22.4 Å². The van der Waals surface area contributed by atoms with Crippen LogP contribution in [0.25, 0.3) is 10.9 Å². The number of alkyl halides is 3. The van der Waals surface area contributed by atoms with E-state index in [4.69, 9.17) is 18.6 Å². The molecule has 0 unspecified atom stereocenters. The van der Waals surface area contributed by atoms with Crippen LogP contribution < -0.4 is 13.7 Å². The first-order valence-electron chi connectivity index (χ1n) is 10.5. The van der Waals surface area contributed by atoms with Crippen LogP contribution in [0.3, 0.4) is 0 Å². The first kappa shape index (κ1) is 23.8. The van der Waals surface area contributed by atoms with E-state index < -0.39 is 17.6 Å². The number of hydrogen-bond acceptors (Lipinski definition) is 5. The molecule has 4 aromatic rings. The molecule has 0 atom stereocenters. The molecule has 0 bridgehead atoms. The Hall–Kier alpha value is -3.39. The molecule has 0 N–H and O–H groups in total. The predicted molar refractivity (Wildman–Crippen MR) is 127 cm³/mol. The summed E-state index contributed by atoms with van der Waals surface area (Å²) >= 11 is -0.556. The summed E-state index contributed by atoms with van der Waals surface area (Å²) < 4.78 is 54.3. The van der Waals surface area contributed by atoms with Gasteiger partial charge >= 0.3 is 5.51 Å². The minimum Gasteiger partial charge on any atom is -0.488 e. The number of pyridine rings is 1. The van der Waals surface area contributed by atoms with Gasteiger partial charge in [-0.05, 0) is 49.2 Å². The Bertz CT molecular complexity index is 1280. The molecule has 176 valence electrons. The van der Waals surface area contributed by atoms with Crippen LogP contribution in [0.5, 0.6) is 17.2 Å². The first-order chi connectivity index (χ1) is 16.3. The number of hydrogen-bond donors (Lipinski definition) is 0. The molecule has 0 radical (unpaired) electrons. The fourth-order valence-corrected chi connectivity index (χ4v) is 3.76. The number of ether oxygens (including phenoxy) is 2. The van der Waals surface area contributed by atoms with Gasteiger partial charge in [-0.2, -0.15) is 13.2 Å². The molecule has 0 amide bonds. The zero-order chi connectivity index (χ0) is 24.1. The Kier molecular flexibility index (Phi) is 7.17. The molecule has 3 aromatic carbocycles. The second kappa shape index (κ2) is 10.3. The van der Waals surface area contributed by atoms with E-state index in [1.807, 2.05) is 61.5 Å². The van der Waals surface area contributed by atoms with E-state index in [-0.39, 0.29) is 12.4 Å². The van der Waals surface area contributed by atoms with Crippen LogP contribution in [-0.4, -0.2) is 10.5 Å². The predicted octanol–water partition coefficient (Wildman–Crippen LogP) is 7.56. The summed E-state index contributed by atoms with van der Waals surface area (Å²) in [4.78, 5) is 4.73. The Morgan fingerprint density at radius 2 is 1.53 bits per heavy atom. The van der Waals surface area contributed by atoms with Crippen molar-refractivity contribution in [1.29, 1.82) is 0 Å². The van der Waals surface area contributed by atoms with E-state index in [0.717, 1.165) is 27.8 Å². The van der Waals surface area contributed by atoms with Crippen molar-refractivity contribution in [2.24, 2.45) is 0 Å². The third-order valence-corrected chi connectivity index (χ3v) is 5.50. The van der Waals surface area contributed by atoms with Crippen LogP contribution in [0.4, 0.5) is 13.2 Å². The maximum absolute atomic E-state index is 12.5. The lowest BCUT2D eigenvalue weighted by Crippen LogP contribution is -2.06. The number of halogens is 3. The molecular formula is C26H22F3NO3S. The highest BCUT2D eigenvalue weighted by Gasteiger charge is 2.31. The molecule has 4 nitrogen and oxygen atoms in total. The van der Waals surface area contributed by atoms with Crippen LogP contribution in [-0.2, 0) is 13.2 Å². The van der Waals surface area contributed by atoms with Gasteiger partial charge in [-0.3, -0.25) is 0 Å². The summed E-state index contributed by atoms with van der Waals surface area (Å²) in [5.41, 5.74) is -0.450. The molecule has 4 rings (SSSR count). The van der Waals surface area contributed by atoms with Gasteiger partial charge in [0.15, 0.2) is 12.0 Å². The highest BCUT2D eigenvalue weighted by molar-refractivity contribution is 7.95. The smallest absolute Gasteiger partial charge is 0.479 e. The number of benzene rings is 3. The highest BCUT2D eigenvalue weighted by Crippen LogP contribution is 2.35. The molecule has 1 heterocycles. The maximum atomic E-state index is 12.5. The Morgan fingerprint density at radius 1 is 0.824 bits per heavy atom. The van der Waals surface area contributed by atoms with Gasteiger partial charge in [0.1, 0.15) is 30.5 Å². The van der Waals surface area contributed by atoms with Gasteiger partial charge in [-0.15, -0.1) is 0 Å². The van der Waals surface area contributed by atoms with Gasteiger partial charge in [0, 0.05) is 17.0 Å². The summed E-state index contributed by atoms with van der Waals surface area (Å²) in [7, 11) is 0. The van der Waals surface area contributed by atoms with Gasteiger partial charge < -0.3 is 13.7 Å². The highest BCUT2D eigenvalue weighted by atomic mass is 32.2. The summed E-state index contributed by atoms with van der Waals surface area (Å²) in [6.07, 6.45) is 0.